The molecule has 0 aliphatic carbocycles. The molecule has 2 heterocycles. The van der Waals surface area contributed by atoms with Crippen molar-refractivity contribution in [1.29, 1.82) is 0 Å². The zero-order valence-corrected chi connectivity index (χ0v) is 15.5. The predicted molar refractivity (Wildman–Crippen MR) is 101 cm³/mol. The highest BCUT2D eigenvalue weighted by molar-refractivity contribution is 6.07. The second-order valence-electron chi connectivity index (χ2n) is 6.41. The van der Waals surface area contributed by atoms with Gasteiger partial charge in [-0.2, -0.15) is 0 Å². The van der Waals surface area contributed by atoms with Crippen LogP contribution in [0.3, 0.4) is 0 Å². The smallest absolute Gasteiger partial charge is 0.273 e. The van der Waals surface area contributed by atoms with E-state index >= 15 is 0 Å². The summed E-state index contributed by atoms with van der Waals surface area (Å²) in [4.78, 5) is 23.0. The third-order valence-electron chi connectivity index (χ3n) is 4.42. The Labute approximate surface area is 156 Å². The number of hydrogen-bond acceptors (Lipinski definition) is 5. The number of hydrogen-bond donors (Lipinski definition) is 0. The predicted octanol–water partition coefficient (Wildman–Crippen LogP) is 4.50. The number of carbonyl (C=O) groups is 1. The zero-order valence-electron chi connectivity index (χ0n) is 15.5. The maximum Gasteiger partial charge on any atom is 0.273 e. The Kier molecular flexibility index (Phi) is 4.77. The van der Waals surface area contributed by atoms with E-state index in [-0.39, 0.29) is 17.0 Å². The van der Waals surface area contributed by atoms with E-state index in [0.29, 0.717) is 17.1 Å². The SMILES string of the molecule is Cc1cc(-n2c(C)cc(/C=C/C(=O)c3ccc(C)c([N+](=O)[O-])c3)c2C)no1. The van der Waals surface area contributed by atoms with E-state index in [1.54, 1.807) is 25.1 Å². The normalized spacial score (nSPS) is 11.3. The van der Waals surface area contributed by atoms with Crippen LogP contribution in [0, 0.1) is 37.8 Å². The van der Waals surface area contributed by atoms with Crippen LogP contribution < -0.4 is 0 Å². The Morgan fingerprint density at radius 2 is 1.93 bits per heavy atom. The molecule has 0 unspecified atom stereocenters. The second-order valence-corrected chi connectivity index (χ2v) is 6.41. The lowest BCUT2D eigenvalue weighted by Gasteiger charge is -2.04. The van der Waals surface area contributed by atoms with Crippen molar-refractivity contribution in [3.05, 3.63) is 80.4 Å². The van der Waals surface area contributed by atoms with Gasteiger partial charge in [-0.05, 0) is 51.5 Å². The monoisotopic (exact) mass is 365 g/mol. The summed E-state index contributed by atoms with van der Waals surface area (Å²) in [5, 5.41) is 15.1. The molecule has 0 fully saturated rings. The van der Waals surface area contributed by atoms with Gasteiger partial charge in [0.15, 0.2) is 11.6 Å². The average molecular weight is 365 g/mol. The number of nitro benzene ring substituents is 1. The lowest BCUT2D eigenvalue weighted by molar-refractivity contribution is -0.385. The Balaban J connectivity index is 1.90. The molecule has 1 aromatic carbocycles. The summed E-state index contributed by atoms with van der Waals surface area (Å²) in [7, 11) is 0. The van der Waals surface area contributed by atoms with Crippen molar-refractivity contribution in [1.82, 2.24) is 9.72 Å². The number of aromatic nitrogens is 2. The molecule has 0 atom stereocenters. The first kappa shape index (κ1) is 18.3. The highest BCUT2D eigenvalue weighted by Crippen LogP contribution is 2.23. The molecule has 138 valence electrons. The minimum Gasteiger partial charge on any atom is -0.360 e. The van der Waals surface area contributed by atoms with Gasteiger partial charge < -0.3 is 4.52 Å². The van der Waals surface area contributed by atoms with Gasteiger partial charge in [0.25, 0.3) is 5.69 Å². The van der Waals surface area contributed by atoms with Gasteiger partial charge in [-0.15, -0.1) is 0 Å². The van der Waals surface area contributed by atoms with Crippen LogP contribution >= 0.6 is 0 Å². The first-order valence-corrected chi connectivity index (χ1v) is 8.38. The molecule has 0 bridgehead atoms. The zero-order chi connectivity index (χ0) is 19.7. The van der Waals surface area contributed by atoms with Gasteiger partial charge in [0.05, 0.1) is 4.92 Å². The molecule has 2 aromatic heterocycles. The average Bonchev–Trinajstić information content (AvgIpc) is 3.15. The van der Waals surface area contributed by atoms with E-state index in [4.69, 9.17) is 4.52 Å². The van der Waals surface area contributed by atoms with Crippen LogP contribution in [0.4, 0.5) is 5.69 Å². The van der Waals surface area contributed by atoms with E-state index < -0.39 is 4.92 Å². The molecule has 0 aliphatic heterocycles. The van der Waals surface area contributed by atoms with Gasteiger partial charge in [-0.25, -0.2) is 0 Å². The molecule has 7 heteroatoms. The molecule has 0 spiro atoms. The lowest BCUT2D eigenvalue weighted by atomic mass is 10.1. The summed E-state index contributed by atoms with van der Waals surface area (Å²) in [5.41, 5.74) is 3.48. The number of carbonyl (C=O) groups excluding carboxylic acids is 1. The quantitative estimate of drug-likeness (QED) is 0.287. The standard InChI is InChI=1S/C20H19N3O4/c1-12-5-6-17(11-18(12)23(25)26)19(24)8-7-16-9-13(2)22(15(16)4)20-10-14(3)27-21-20/h5-11H,1-4H3/b8-7+. The summed E-state index contributed by atoms with van der Waals surface area (Å²) in [6.07, 6.45) is 3.13. The van der Waals surface area contributed by atoms with Crippen LogP contribution in [-0.4, -0.2) is 20.4 Å². The molecule has 3 rings (SSSR count). The van der Waals surface area contributed by atoms with Gasteiger partial charge in [0.1, 0.15) is 5.76 Å². The Hall–Kier alpha value is -3.48. The van der Waals surface area contributed by atoms with E-state index in [2.05, 4.69) is 5.16 Å². The number of ketones is 1. The summed E-state index contributed by atoms with van der Waals surface area (Å²) in [6.45, 7) is 7.34. The fourth-order valence-electron chi connectivity index (χ4n) is 2.99. The number of benzene rings is 1. The van der Waals surface area contributed by atoms with Crippen LogP contribution in [0.5, 0.6) is 0 Å². The number of aryl methyl sites for hydroxylation is 3. The Morgan fingerprint density at radius 3 is 2.56 bits per heavy atom. The summed E-state index contributed by atoms with van der Waals surface area (Å²) < 4.78 is 7.08. The third-order valence-corrected chi connectivity index (χ3v) is 4.42. The fourth-order valence-corrected chi connectivity index (χ4v) is 2.99. The van der Waals surface area contributed by atoms with E-state index in [1.165, 1.54) is 12.1 Å². The first-order valence-electron chi connectivity index (χ1n) is 8.38. The molecule has 0 radical (unpaired) electrons. The van der Waals surface area contributed by atoms with Gasteiger partial charge >= 0.3 is 0 Å². The molecule has 0 saturated carbocycles. The van der Waals surface area contributed by atoms with Crippen LogP contribution in [0.25, 0.3) is 11.9 Å². The second kappa shape index (κ2) is 7.03. The topological polar surface area (TPSA) is 91.2 Å². The van der Waals surface area contributed by atoms with E-state index in [1.807, 2.05) is 37.5 Å². The highest BCUT2D eigenvalue weighted by atomic mass is 16.6. The van der Waals surface area contributed by atoms with E-state index in [0.717, 1.165) is 17.0 Å². The maximum atomic E-state index is 12.4. The lowest BCUT2D eigenvalue weighted by Crippen LogP contribution is -1.99. The first-order chi connectivity index (χ1) is 12.8. The van der Waals surface area contributed by atoms with Crippen LogP contribution in [0.1, 0.15) is 38.6 Å². The molecule has 0 N–H and O–H groups in total. The molecular weight excluding hydrogens is 346 g/mol. The van der Waals surface area contributed by atoms with Crippen molar-refractivity contribution in [2.75, 3.05) is 0 Å². The summed E-state index contributed by atoms with van der Waals surface area (Å²) >= 11 is 0. The third kappa shape index (κ3) is 3.57. The van der Waals surface area contributed by atoms with Crippen LogP contribution in [-0.2, 0) is 0 Å². The largest absolute Gasteiger partial charge is 0.360 e. The molecule has 0 saturated heterocycles. The van der Waals surface area contributed by atoms with Crippen molar-refractivity contribution in [2.24, 2.45) is 0 Å². The molecule has 27 heavy (non-hydrogen) atoms. The van der Waals surface area contributed by atoms with Gasteiger partial charge in [0.2, 0.25) is 0 Å². The number of nitro groups is 1. The Bertz CT molecular complexity index is 1070. The maximum absolute atomic E-state index is 12.4. The Morgan fingerprint density at radius 1 is 1.19 bits per heavy atom. The summed E-state index contributed by atoms with van der Waals surface area (Å²) in [6, 6.07) is 8.27. The van der Waals surface area contributed by atoms with Gasteiger partial charge in [0, 0.05) is 34.6 Å². The van der Waals surface area contributed by atoms with Crippen molar-refractivity contribution < 1.29 is 14.2 Å². The number of nitrogens with zero attached hydrogens (tertiary/aromatic N) is 3. The molecule has 0 aliphatic rings. The highest BCUT2D eigenvalue weighted by Gasteiger charge is 2.15. The molecule has 7 nitrogen and oxygen atoms in total. The minimum absolute atomic E-state index is 0.0613. The van der Waals surface area contributed by atoms with Gasteiger partial charge in [-0.1, -0.05) is 17.3 Å². The number of rotatable bonds is 5. The fraction of sp³-hybridized carbons (Fsp3) is 0.200. The minimum atomic E-state index is -0.483. The number of allylic oxidation sites excluding steroid dienone is 1. The van der Waals surface area contributed by atoms with Crippen LogP contribution in [0.2, 0.25) is 0 Å². The molecular formula is C20H19N3O4. The van der Waals surface area contributed by atoms with Crippen LogP contribution in [0.15, 0.2) is 40.9 Å². The van der Waals surface area contributed by atoms with Crippen molar-refractivity contribution >= 4 is 17.5 Å². The van der Waals surface area contributed by atoms with Crippen molar-refractivity contribution in [3.8, 4) is 5.82 Å². The molecule has 0 amide bonds. The van der Waals surface area contributed by atoms with Gasteiger partial charge in [-0.3, -0.25) is 19.5 Å². The van der Waals surface area contributed by atoms with Crippen molar-refractivity contribution in [3.63, 3.8) is 0 Å². The molecule has 3 aromatic rings. The summed E-state index contributed by atoms with van der Waals surface area (Å²) in [5.74, 6) is 1.11. The van der Waals surface area contributed by atoms with E-state index in [9.17, 15) is 14.9 Å². The van der Waals surface area contributed by atoms with Crippen molar-refractivity contribution in [2.45, 2.75) is 27.7 Å².